The SMILES string of the molecule is CC#CCNCc1ccc(C)c(C)c1. The van der Waals surface area contributed by atoms with Gasteiger partial charge in [-0.25, -0.2) is 0 Å². The van der Waals surface area contributed by atoms with Gasteiger partial charge in [-0.3, -0.25) is 0 Å². The van der Waals surface area contributed by atoms with Gasteiger partial charge in [-0.15, -0.1) is 5.92 Å². The van der Waals surface area contributed by atoms with E-state index in [1.807, 2.05) is 6.92 Å². The van der Waals surface area contributed by atoms with Crippen molar-refractivity contribution in [3.05, 3.63) is 34.9 Å². The third-order valence-corrected chi connectivity index (χ3v) is 2.29. The van der Waals surface area contributed by atoms with Crippen LogP contribution in [-0.2, 0) is 6.54 Å². The van der Waals surface area contributed by atoms with Crippen molar-refractivity contribution >= 4 is 0 Å². The van der Waals surface area contributed by atoms with Crippen molar-refractivity contribution in [3.8, 4) is 11.8 Å². The molecule has 1 aromatic rings. The molecule has 0 spiro atoms. The molecule has 74 valence electrons. The van der Waals surface area contributed by atoms with E-state index >= 15 is 0 Å². The van der Waals surface area contributed by atoms with Gasteiger partial charge in [0.1, 0.15) is 0 Å². The first-order valence-electron chi connectivity index (χ1n) is 4.90. The molecule has 0 aromatic heterocycles. The number of rotatable bonds is 3. The van der Waals surface area contributed by atoms with E-state index in [9.17, 15) is 0 Å². The molecule has 1 rings (SSSR count). The van der Waals surface area contributed by atoms with Gasteiger partial charge in [0.15, 0.2) is 0 Å². The molecule has 0 atom stereocenters. The Labute approximate surface area is 86.5 Å². The second-order valence-corrected chi connectivity index (χ2v) is 3.45. The molecule has 0 saturated carbocycles. The third-order valence-electron chi connectivity index (χ3n) is 2.29. The van der Waals surface area contributed by atoms with Gasteiger partial charge in [-0.05, 0) is 37.5 Å². The summed E-state index contributed by atoms with van der Waals surface area (Å²) in [7, 11) is 0. The Bertz CT molecular complexity index is 355. The largest absolute Gasteiger partial charge is 0.302 e. The summed E-state index contributed by atoms with van der Waals surface area (Å²) < 4.78 is 0. The Balaban J connectivity index is 2.50. The number of nitrogens with one attached hydrogen (secondary N) is 1. The Morgan fingerprint density at radius 3 is 2.64 bits per heavy atom. The smallest absolute Gasteiger partial charge is 0.0578 e. The number of hydrogen-bond donors (Lipinski definition) is 1. The van der Waals surface area contributed by atoms with Crippen molar-refractivity contribution in [2.24, 2.45) is 0 Å². The van der Waals surface area contributed by atoms with Crippen molar-refractivity contribution in [2.45, 2.75) is 27.3 Å². The standard InChI is InChI=1S/C13H17N/c1-4-5-8-14-10-13-7-6-11(2)12(3)9-13/h6-7,9,14H,8,10H2,1-3H3. The molecule has 1 nitrogen and oxygen atoms in total. The molecule has 14 heavy (non-hydrogen) atoms. The summed E-state index contributed by atoms with van der Waals surface area (Å²) in [6, 6.07) is 6.55. The molecular formula is C13H17N. The summed E-state index contributed by atoms with van der Waals surface area (Å²) >= 11 is 0. The van der Waals surface area contributed by atoms with Crippen molar-refractivity contribution in [1.82, 2.24) is 5.32 Å². The van der Waals surface area contributed by atoms with Gasteiger partial charge in [-0.1, -0.05) is 24.1 Å². The van der Waals surface area contributed by atoms with Crippen molar-refractivity contribution in [3.63, 3.8) is 0 Å². The second-order valence-electron chi connectivity index (χ2n) is 3.45. The maximum atomic E-state index is 3.28. The molecule has 1 heteroatoms. The minimum atomic E-state index is 0.767. The van der Waals surface area contributed by atoms with Crippen molar-refractivity contribution in [1.29, 1.82) is 0 Å². The maximum Gasteiger partial charge on any atom is 0.0578 e. The molecule has 0 aliphatic carbocycles. The average Bonchev–Trinajstić information content (AvgIpc) is 2.18. The predicted octanol–water partition coefficient (Wildman–Crippen LogP) is 2.42. The first kappa shape index (κ1) is 10.8. The van der Waals surface area contributed by atoms with Crippen LogP contribution < -0.4 is 5.32 Å². The molecule has 0 aliphatic rings. The maximum absolute atomic E-state index is 3.28. The van der Waals surface area contributed by atoms with E-state index in [1.165, 1.54) is 16.7 Å². The molecule has 0 bridgehead atoms. The summed E-state index contributed by atoms with van der Waals surface area (Å²) in [6.45, 7) is 7.80. The van der Waals surface area contributed by atoms with E-state index in [1.54, 1.807) is 0 Å². The fraction of sp³-hybridized carbons (Fsp3) is 0.385. The van der Waals surface area contributed by atoms with Gasteiger partial charge in [0.2, 0.25) is 0 Å². The van der Waals surface area contributed by atoms with E-state index in [0.29, 0.717) is 0 Å². The van der Waals surface area contributed by atoms with Crippen LogP contribution in [0.5, 0.6) is 0 Å². The van der Waals surface area contributed by atoms with Crippen LogP contribution in [0.25, 0.3) is 0 Å². The highest BCUT2D eigenvalue weighted by atomic mass is 14.8. The van der Waals surface area contributed by atoms with Crippen LogP contribution >= 0.6 is 0 Å². The fourth-order valence-corrected chi connectivity index (χ4v) is 1.27. The Kier molecular flexibility index (Phi) is 4.22. The van der Waals surface area contributed by atoms with Gasteiger partial charge in [0, 0.05) is 6.54 Å². The quantitative estimate of drug-likeness (QED) is 0.566. The topological polar surface area (TPSA) is 12.0 Å². The zero-order chi connectivity index (χ0) is 10.4. The lowest BCUT2D eigenvalue weighted by Gasteiger charge is -2.04. The summed E-state index contributed by atoms with van der Waals surface area (Å²) in [6.07, 6.45) is 0. The first-order valence-corrected chi connectivity index (χ1v) is 4.90. The van der Waals surface area contributed by atoms with Crippen LogP contribution in [-0.4, -0.2) is 6.54 Å². The van der Waals surface area contributed by atoms with Crippen LogP contribution in [0.1, 0.15) is 23.6 Å². The first-order chi connectivity index (χ1) is 6.74. The molecule has 0 amide bonds. The molecule has 1 aromatic carbocycles. The molecule has 0 radical (unpaired) electrons. The van der Waals surface area contributed by atoms with Crippen LogP contribution in [0, 0.1) is 25.7 Å². The van der Waals surface area contributed by atoms with E-state index in [-0.39, 0.29) is 0 Å². The highest BCUT2D eigenvalue weighted by Crippen LogP contribution is 2.09. The fourth-order valence-electron chi connectivity index (χ4n) is 1.27. The van der Waals surface area contributed by atoms with E-state index < -0.39 is 0 Å². The van der Waals surface area contributed by atoms with Crippen LogP contribution in [0.3, 0.4) is 0 Å². The number of hydrogen-bond acceptors (Lipinski definition) is 1. The summed E-state index contributed by atoms with van der Waals surface area (Å²) in [5, 5.41) is 3.28. The lowest BCUT2D eigenvalue weighted by Crippen LogP contribution is -2.13. The third kappa shape index (κ3) is 3.24. The summed E-state index contributed by atoms with van der Waals surface area (Å²) in [5.74, 6) is 5.85. The van der Waals surface area contributed by atoms with Gasteiger partial charge in [0.25, 0.3) is 0 Å². The normalized spacial score (nSPS) is 9.36. The summed E-state index contributed by atoms with van der Waals surface area (Å²) in [4.78, 5) is 0. The van der Waals surface area contributed by atoms with Crippen LogP contribution in [0.4, 0.5) is 0 Å². The lowest BCUT2D eigenvalue weighted by molar-refractivity contribution is 0.769. The molecule has 0 saturated heterocycles. The van der Waals surface area contributed by atoms with Gasteiger partial charge >= 0.3 is 0 Å². The predicted molar refractivity (Wildman–Crippen MR) is 61.1 cm³/mol. The molecular weight excluding hydrogens is 170 g/mol. The second kappa shape index (κ2) is 5.47. The van der Waals surface area contributed by atoms with Gasteiger partial charge in [-0.2, -0.15) is 0 Å². The summed E-state index contributed by atoms with van der Waals surface area (Å²) in [5.41, 5.74) is 4.03. The molecule has 0 unspecified atom stereocenters. The monoisotopic (exact) mass is 187 g/mol. The molecule has 0 fully saturated rings. The minimum Gasteiger partial charge on any atom is -0.302 e. The van der Waals surface area contributed by atoms with Gasteiger partial charge < -0.3 is 5.32 Å². The van der Waals surface area contributed by atoms with Gasteiger partial charge in [0.05, 0.1) is 6.54 Å². The number of aryl methyl sites for hydroxylation is 2. The zero-order valence-electron chi connectivity index (χ0n) is 9.15. The molecule has 1 N–H and O–H groups in total. The van der Waals surface area contributed by atoms with Crippen molar-refractivity contribution < 1.29 is 0 Å². The highest BCUT2D eigenvalue weighted by Gasteiger charge is 1.94. The lowest BCUT2D eigenvalue weighted by atomic mass is 10.1. The molecule has 0 aliphatic heterocycles. The zero-order valence-corrected chi connectivity index (χ0v) is 9.15. The Morgan fingerprint density at radius 2 is 2.00 bits per heavy atom. The molecule has 0 heterocycles. The average molecular weight is 187 g/mol. The Hall–Kier alpha value is -1.26. The van der Waals surface area contributed by atoms with Crippen molar-refractivity contribution in [2.75, 3.05) is 6.54 Å². The van der Waals surface area contributed by atoms with Crippen LogP contribution in [0.15, 0.2) is 18.2 Å². The Morgan fingerprint density at radius 1 is 1.21 bits per heavy atom. The van der Waals surface area contributed by atoms with Crippen LogP contribution in [0.2, 0.25) is 0 Å². The minimum absolute atomic E-state index is 0.767. The van der Waals surface area contributed by atoms with E-state index in [4.69, 9.17) is 0 Å². The highest BCUT2D eigenvalue weighted by molar-refractivity contribution is 5.29. The van der Waals surface area contributed by atoms with E-state index in [2.05, 4.69) is 49.2 Å². The van der Waals surface area contributed by atoms with E-state index in [0.717, 1.165) is 13.1 Å². The number of benzene rings is 1.